The predicted octanol–water partition coefficient (Wildman–Crippen LogP) is 2.64. The minimum absolute atomic E-state index is 0.125. The Hall–Kier alpha value is 0.759. The summed E-state index contributed by atoms with van der Waals surface area (Å²) in [5.74, 6) is 0. The van der Waals surface area contributed by atoms with Crippen LogP contribution in [0.25, 0.3) is 0 Å². The molecule has 0 atom stereocenters. The Bertz CT molecular complexity index is 75.8. The molecule has 0 saturated carbocycles. The van der Waals surface area contributed by atoms with E-state index in [9.17, 15) is 0 Å². The van der Waals surface area contributed by atoms with Gasteiger partial charge in [-0.15, -0.1) is 0 Å². The van der Waals surface area contributed by atoms with Crippen molar-refractivity contribution < 1.29 is 3.07 Å². The molecule has 0 aliphatic rings. The van der Waals surface area contributed by atoms with Gasteiger partial charge in [-0.05, 0) is 0 Å². The molecule has 60 valence electrons. The van der Waals surface area contributed by atoms with Gasteiger partial charge < -0.3 is 0 Å². The van der Waals surface area contributed by atoms with Crippen LogP contribution in [0.5, 0.6) is 0 Å². The van der Waals surface area contributed by atoms with Crippen LogP contribution >= 0.6 is 0 Å². The summed E-state index contributed by atoms with van der Waals surface area (Å²) in [4.78, 5) is 0. The summed E-state index contributed by atoms with van der Waals surface area (Å²) in [6.45, 7) is 8.65. The van der Waals surface area contributed by atoms with Crippen LogP contribution in [0, 0.1) is 0 Å². The van der Waals surface area contributed by atoms with Crippen molar-refractivity contribution in [2.24, 2.45) is 0 Å². The first kappa shape index (κ1) is 10.8. The van der Waals surface area contributed by atoms with E-state index in [1.54, 1.807) is 0 Å². The third-order valence-corrected chi connectivity index (χ3v) is 4.76. The average molecular weight is 249 g/mol. The van der Waals surface area contributed by atoms with Gasteiger partial charge in [0.2, 0.25) is 0 Å². The molecule has 0 heterocycles. The number of hydrogen-bond acceptors (Lipinski definition) is 1. The Morgan fingerprint density at radius 1 is 1.30 bits per heavy atom. The van der Waals surface area contributed by atoms with Crippen molar-refractivity contribution >= 4 is 21.6 Å². The molecule has 0 unspecified atom stereocenters. The molecule has 0 aromatic heterocycles. The fourth-order valence-corrected chi connectivity index (χ4v) is 3.46. The average Bonchev–Trinajstić information content (AvgIpc) is 1.78. The van der Waals surface area contributed by atoms with Gasteiger partial charge in [-0.25, -0.2) is 0 Å². The first-order valence-corrected chi connectivity index (χ1v) is 7.15. The molecule has 0 fully saturated rings. The standard InChI is InChI=1S/C4H9O.C4H9.Sn/c1-4(2,3)5;1-3-4-2;/h1-3H3;1,3-4H2,2H3;/q-1;;+1. The van der Waals surface area contributed by atoms with Crippen molar-refractivity contribution in [3.63, 3.8) is 0 Å². The van der Waals surface area contributed by atoms with Crippen LogP contribution < -0.4 is 0 Å². The molecule has 0 aromatic carbocycles. The molecule has 0 saturated heterocycles. The van der Waals surface area contributed by atoms with Crippen LogP contribution in [0.2, 0.25) is 4.44 Å². The Morgan fingerprint density at radius 3 is 2.30 bits per heavy atom. The van der Waals surface area contributed by atoms with E-state index in [0.717, 1.165) is 0 Å². The Morgan fingerprint density at radius 2 is 1.90 bits per heavy atom. The summed E-state index contributed by atoms with van der Waals surface area (Å²) < 4.78 is 7.07. The van der Waals surface area contributed by atoms with Crippen molar-refractivity contribution in [2.45, 2.75) is 50.6 Å². The van der Waals surface area contributed by atoms with Gasteiger partial charge in [0, 0.05) is 0 Å². The predicted molar refractivity (Wildman–Crippen MR) is 46.3 cm³/mol. The van der Waals surface area contributed by atoms with Gasteiger partial charge in [-0.3, -0.25) is 0 Å². The summed E-state index contributed by atoms with van der Waals surface area (Å²) in [7, 11) is 0. The van der Waals surface area contributed by atoms with E-state index in [4.69, 9.17) is 3.07 Å². The van der Waals surface area contributed by atoms with Gasteiger partial charge in [-0.1, -0.05) is 0 Å². The summed E-state index contributed by atoms with van der Waals surface area (Å²) in [5, 5.41) is 0. The molecule has 0 rings (SSSR count). The van der Waals surface area contributed by atoms with Gasteiger partial charge in [0.1, 0.15) is 0 Å². The van der Waals surface area contributed by atoms with Gasteiger partial charge in [-0.2, -0.15) is 0 Å². The normalized spacial score (nSPS) is 12.0. The van der Waals surface area contributed by atoms with Crippen molar-refractivity contribution in [3.05, 3.63) is 0 Å². The van der Waals surface area contributed by atoms with Gasteiger partial charge >= 0.3 is 75.2 Å². The second kappa shape index (κ2) is 5.41. The van der Waals surface area contributed by atoms with Gasteiger partial charge in [0.15, 0.2) is 0 Å². The van der Waals surface area contributed by atoms with Crippen LogP contribution in [0.15, 0.2) is 0 Å². The maximum absolute atomic E-state index is 5.70. The summed E-state index contributed by atoms with van der Waals surface area (Å²) in [6.07, 6.45) is 2.68. The minimum atomic E-state index is -0.454. The molecule has 2 radical (unpaired) electrons. The fourth-order valence-electron chi connectivity index (χ4n) is 0.516. The van der Waals surface area contributed by atoms with Crippen LogP contribution in [0.1, 0.15) is 40.5 Å². The zero-order valence-corrected chi connectivity index (χ0v) is 10.4. The maximum atomic E-state index is 5.70. The van der Waals surface area contributed by atoms with E-state index in [1.807, 2.05) is 0 Å². The first-order chi connectivity index (χ1) is 4.56. The number of hydrogen-bond donors (Lipinski definition) is 0. The summed E-state index contributed by atoms with van der Waals surface area (Å²) in [5.41, 5.74) is 0.125. The molecule has 0 amide bonds. The quantitative estimate of drug-likeness (QED) is 0.549. The number of unbranched alkanes of at least 4 members (excludes halogenated alkanes) is 1. The second-order valence-electron chi connectivity index (χ2n) is 3.46. The second-order valence-corrected chi connectivity index (χ2v) is 6.30. The van der Waals surface area contributed by atoms with Crippen LogP contribution in [-0.4, -0.2) is 27.2 Å². The third kappa shape index (κ3) is 8.76. The molecular formula is C8H18OSn. The fraction of sp³-hybridized carbons (Fsp3) is 1.00. The van der Waals surface area contributed by atoms with E-state index in [0.29, 0.717) is 0 Å². The molecule has 1 nitrogen and oxygen atoms in total. The van der Waals surface area contributed by atoms with E-state index < -0.39 is 21.6 Å². The van der Waals surface area contributed by atoms with Crippen molar-refractivity contribution in [1.29, 1.82) is 0 Å². The topological polar surface area (TPSA) is 9.23 Å². The van der Waals surface area contributed by atoms with E-state index in [2.05, 4.69) is 27.7 Å². The Labute approximate surface area is 75.3 Å². The zero-order valence-electron chi connectivity index (χ0n) is 7.53. The molecule has 0 aliphatic carbocycles. The van der Waals surface area contributed by atoms with Gasteiger partial charge in [0.25, 0.3) is 0 Å². The molecular weight excluding hydrogens is 231 g/mol. The molecule has 0 aromatic rings. The summed E-state index contributed by atoms with van der Waals surface area (Å²) in [6, 6.07) is 0. The Balaban J connectivity index is 3.04. The molecule has 0 N–H and O–H groups in total. The molecule has 10 heavy (non-hydrogen) atoms. The molecule has 0 spiro atoms. The number of rotatable bonds is 4. The van der Waals surface area contributed by atoms with Crippen molar-refractivity contribution in [1.82, 2.24) is 0 Å². The van der Waals surface area contributed by atoms with Crippen molar-refractivity contribution in [3.8, 4) is 0 Å². The molecule has 0 bridgehead atoms. The van der Waals surface area contributed by atoms with Crippen LogP contribution in [-0.2, 0) is 3.07 Å². The van der Waals surface area contributed by atoms with E-state index in [1.165, 1.54) is 17.3 Å². The van der Waals surface area contributed by atoms with E-state index >= 15 is 0 Å². The van der Waals surface area contributed by atoms with E-state index in [-0.39, 0.29) is 5.60 Å². The molecule has 0 aliphatic heterocycles. The first-order valence-electron chi connectivity index (χ1n) is 3.97. The SMILES string of the molecule is CCC[CH2][Sn][O]C(C)(C)C. The van der Waals surface area contributed by atoms with Crippen molar-refractivity contribution in [2.75, 3.05) is 0 Å². The Kier molecular flexibility index (Phi) is 5.83. The summed E-state index contributed by atoms with van der Waals surface area (Å²) >= 11 is -0.454. The molecule has 2 heteroatoms. The van der Waals surface area contributed by atoms with Crippen LogP contribution in [0.3, 0.4) is 0 Å². The monoisotopic (exact) mass is 250 g/mol. The van der Waals surface area contributed by atoms with Gasteiger partial charge in [0.05, 0.1) is 0 Å². The van der Waals surface area contributed by atoms with Crippen LogP contribution in [0.4, 0.5) is 0 Å². The third-order valence-electron chi connectivity index (χ3n) is 1.01. The zero-order chi connectivity index (χ0) is 8.04.